The van der Waals surface area contributed by atoms with E-state index in [-0.39, 0.29) is 12.5 Å². The lowest BCUT2D eigenvalue weighted by atomic mass is 9.89. The van der Waals surface area contributed by atoms with Gasteiger partial charge in [0.1, 0.15) is 24.4 Å². The van der Waals surface area contributed by atoms with Gasteiger partial charge in [-0.3, -0.25) is 4.79 Å². The molecule has 1 aliphatic heterocycles. The van der Waals surface area contributed by atoms with Crippen LogP contribution >= 0.6 is 0 Å². The van der Waals surface area contributed by atoms with E-state index in [2.05, 4.69) is 83.6 Å². The number of anilines is 1. The Bertz CT molecular complexity index is 1620. The van der Waals surface area contributed by atoms with Gasteiger partial charge in [-0.1, -0.05) is 17.2 Å². The summed E-state index contributed by atoms with van der Waals surface area (Å²) in [5.74, 6) is 0.724. The molecule has 0 saturated heterocycles. The summed E-state index contributed by atoms with van der Waals surface area (Å²) in [5, 5.41) is 5.79. The fourth-order valence-electron chi connectivity index (χ4n) is 5.61. The minimum Gasteiger partial charge on any atom is -0.456 e. The highest BCUT2D eigenvalue weighted by Gasteiger charge is 2.25. The molecule has 0 radical (unpaired) electrons. The van der Waals surface area contributed by atoms with E-state index in [0.717, 1.165) is 76.2 Å². The molecule has 0 fully saturated rings. The maximum absolute atomic E-state index is 13.9. The zero-order valence-electron chi connectivity index (χ0n) is 25.1. The second kappa shape index (κ2) is 13.4. The molecule has 8 nitrogen and oxygen atoms in total. The summed E-state index contributed by atoms with van der Waals surface area (Å²) in [4.78, 5) is 21.0. The Morgan fingerprint density at radius 2 is 1.59 bits per heavy atom. The Hall–Kier alpha value is -4.29. The molecule has 2 aromatic rings. The number of fused-ring (bicyclic) bond motifs is 2. The topological polar surface area (TPSA) is 88.5 Å². The third-order valence-corrected chi connectivity index (χ3v) is 7.90. The van der Waals surface area contributed by atoms with Crippen LogP contribution < -0.4 is 14.8 Å². The van der Waals surface area contributed by atoms with E-state index >= 15 is 0 Å². The standard InChI is InChI=1S/C33H41N6O2/c1-7-37(8-2)24-14-17-27-30(20-24)41-31-21-25(38(9-3)10-4)15-18-28(31)32(27)26-16-13-23(22-35-36-34)19-29(26)33(40)39(11-5)12-6/h13-21H,7-12,22H2,1-6H3/q+1. The van der Waals surface area contributed by atoms with Crippen LogP contribution in [0.4, 0.5) is 5.69 Å². The van der Waals surface area contributed by atoms with Crippen molar-refractivity contribution in [3.8, 4) is 22.5 Å². The normalized spacial score (nSPS) is 11.0. The van der Waals surface area contributed by atoms with Crippen LogP contribution in [0, 0.1) is 0 Å². The zero-order chi connectivity index (χ0) is 29.5. The van der Waals surface area contributed by atoms with E-state index in [9.17, 15) is 4.79 Å². The number of rotatable bonds is 11. The summed E-state index contributed by atoms with van der Waals surface area (Å²) in [6, 6.07) is 18.5. The van der Waals surface area contributed by atoms with Crippen molar-refractivity contribution in [3.05, 3.63) is 81.5 Å². The smallest absolute Gasteiger partial charge is 0.254 e. The first-order valence-corrected chi connectivity index (χ1v) is 14.7. The van der Waals surface area contributed by atoms with Gasteiger partial charge in [0.05, 0.1) is 12.6 Å². The molecule has 2 aliphatic rings. The highest BCUT2D eigenvalue weighted by atomic mass is 16.3. The largest absolute Gasteiger partial charge is 0.456 e. The summed E-state index contributed by atoms with van der Waals surface area (Å²) in [5.41, 5.74) is 14.9. The Balaban J connectivity index is 2.12. The van der Waals surface area contributed by atoms with E-state index in [1.54, 1.807) is 0 Å². The SMILES string of the molecule is CCN(CC)C(=O)c1cc(CN=[N+]=[N-])ccc1-c1c2ccc(=[N+](CC)CC)cc-2oc2cc(N(CC)CC)ccc12. The fourth-order valence-corrected chi connectivity index (χ4v) is 5.61. The van der Waals surface area contributed by atoms with Crippen LogP contribution in [0.5, 0.6) is 0 Å². The number of carbonyl (C=O) groups is 1. The van der Waals surface area contributed by atoms with E-state index in [1.165, 1.54) is 0 Å². The van der Waals surface area contributed by atoms with Crippen molar-refractivity contribution in [1.82, 2.24) is 9.48 Å². The van der Waals surface area contributed by atoms with Gasteiger partial charge in [-0.2, -0.15) is 0 Å². The first-order valence-electron chi connectivity index (χ1n) is 14.7. The van der Waals surface area contributed by atoms with Crippen molar-refractivity contribution >= 4 is 22.6 Å². The quantitative estimate of drug-likeness (QED) is 0.0649. The van der Waals surface area contributed by atoms with E-state index in [0.29, 0.717) is 18.7 Å². The van der Waals surface area contributed by atoms with Crippen molar-refractivity contribution in [2.24, 2.45) is 5.11 Å². The van der Waals surface area contributed by atoms with Crippen LogP contribution in [-0.4, -0.2) is 50.1 Å². The van der Waals surface area contributed by atoms with Crippen LogP contribution in [0.3, 0.4) is 0 Å². The van der Waals surface area contributed by atoms with Crippen LogP contribution in [0.2, 0.25) is 0 Å². The van der Waals surface area contributed by atoms with Crippen LogP contribution in [0.25, 0.3) is 43.9 Å². The first-order chi connectivity index (χ1) is 19.9. The summed E-state index contributed by atoms with van der Waals surface area (Å²) in [6.07, 6.45) is 0. The molecule has 41 heavy (non-hydrogen) atoms. The van der Waals surface area contributed by atoms with Gasteiger partial charge in [-0.05, 0) is 82.5 Å². The molecular formula is C33H41N6O2+. The number of amides is 1. The van der Waals surface area contributed by atoms with Gasteiger partial charge < -0.3 is 14.2 Å². The van der Waals surface area contributed by atoms with Crippen molar-refractivity contribution in [2.75, 3.05) is 44.2 Å². The van der Waals surface area contributed by atoms with Crippen molar-refractivity contribution in [1.29, 1.82) is 0 Å². The lowest BCUT2D eigenvalue weighted by Gasteiger charge is -2.24. The highest BCUT2D eigenvalue weighted by Crippen LogP contribution is 2.42. The highest BCUT2D eigenvalue weighted by molar-refractivity contribution is 6.09. The third kappa shape index (κ3) is 5.93. The molecule has 4 rings (SSSR count). The lowest BCUT2D eigenvalue weighted by Crippen LogP contribution is -2.31. The Kier molecular flexibility index (Phi) is 9.69. The predicted octanol–water partition coefficient (Wildman–Crippen LogP) is 7.16. The first kappa shape index (κ1) is 29.7. The molecule has 0 saturated carbocycles. The van der Waals surface area contributed by atoms with Crippen molar-refractivity contribution < 1.29 is 9.21 Å². The van der Waals surface area contributed by atoms with Crippen LogP contribution in [0.15, 0.2) is 64.1 Å². The number of nitrogens with zero attached hydrogens (tertiary/aromatic N) is 6. The van der Waals surface area contributed by atoms with Crippen LogP contribution in [0.1, 0.15) is 57.5 Å². The van der Waals surface area contributed by atoms with Crippen LogP contribution in [-0.2, 0) is 6.54 Å². The molecule has 0 N–H and O–H groups in total. The number of carbonyl (C=O) groups excluding carboxylic acids is 1. The molecule has 0 aromatic heterocycles. The molecule has 1 heterocycles. The number of hydrogen-bond donors (Lipinski definition) is 0. The van der Waals surface area contributed by atoms with E-state index < -0.39 is 0 Å². The predicted molar refractivity (Wildman–Crippen MR) is 168 cm³/mol. The fraction of sp³-hybridized carbons (Fsp3) is 0.394. The maximum atomic E-state index is 13.9. The molecule has 0 atom stereocenters. The average Bonchev–Trinajstić information content (AvgIpc) is 3.00. The Labute approximate surface area is 242 Å². The number of benzene rings is 3. The lowest BCUT2D eigenvalue weighted by molar-refractivity contribution is 0.0773. The molecule has 0 spiro atoms. The molecule has 0 unspecified atom stereocenters. The minimum atomic E-state index is -0.0469. The maximum Gasteiger partial charge on any atom is 0.254 e. The second-order valence-electron chi connectivity index (χ2n) is 9.93. The Morgan fingerprint density at radius 3 is 2.22 bits per heavy atom. The third-order valence-electron chi connectivity index (χ3n) is 7.90. The molecule has 0 bridgehead atoms. The van der Waals surface area contributed by atoms with Gasteiger partial charge in [-0.15, -0.1) is 0 Å². The van der Waals surface area contributed by atoms with Gasteiger partial charge in [0, 0.05) is 71.0 Å². The molecule has 1 amide bonds. The van der Waals surface area contributed by atoms with Gasteiger partial charge in [0.25, 0.3) is 5.91 Å². The van der Waals surface area contributed by atoms with Gasteiger partial charge in [0.15, 0.2) is 0 Å². The molecular weight excluding hydrogens is 512 g/mol. The Morgan fingerprint density at radius 1 is 0.878 bits per heavy atom. The van der Waals surface area contributed by atoms with Gasteiger partial charge in [0.2, 0.25) is 5.36 Å². The summed E-state index contributed by atoms with van der Waals surface area (Å²) in [6.45, 7) is 17.5. The second-order valence-corrected chi connectivity index (χ2v) is 9.93. The van der Waals surface area contributed by atoms with Gasteiger partial charge in [-0.25, -0.2) is 4.58 Å². The monoisotopic (exact) mass is 553 g/mol. The van der Waals surface area contributed by atoms with E-state index in [1.807, 2.05) is 36.9 Å². The molecule has 8 heteroatoms. The van der Waals surface area contributed by atoms with Gasteiger partial charge >= 0.3 is 0 Å². The average molecular weight is 554 g/mol. The van der Waals surface area contributed by atoms with Crippen molar-refractivity contribution in [2.45, 2.75) is 48.1 Å². The summed E-state index contributed by atoms with van der Waals surface area (Å²) < 4.78 is 8.93. The molecule has 2 aromatic carbocycles. The number of hydrogen-bond acceptors (Lipinski definition) is 4. The zero-order valence-corrected chi connectivity index (χ0v) is 25.1. The summed E-state index contributed by atoms with van der Waals surface area (Å²) >= 11 is 0. The molecule has 214 valence electrons. The molecule has 1 aliphatic carbocycles. The van der Waals surface area contributed by atoms with E-state index in [4.69, 9.17) is 9.95 Å². The summed E-state index contributed by atoms with van der Waals surface area (Å²) in [7, 11) is 0. The van der Waals surface area contributed by atoms with Crippen molar-refractivity contribution in [3.63, 3.8) is 0 Å². The number of azide groups is 1. The minimum absolute atomic E-state index is 0.0469.